The van der Waals surface area contributed by atoms with Crippen LogP contribution in [0.5, 0.6) is 0 Å². The highest BCUT2D eigenvalue weighted by atomic mass is 19.1. The van der Waals surface area contributed by atoms with Crippen molar-refractivity contribution in [2.24, 2.45) is 0 Å². The normalized spacial score (nSPS) is 10.2. The summed E-state index contributed by atoms with van der Waals surface area (Å²) >= 11 is 0. The highest BCUT2D eigenvalue weighted by molar-refractivity contribution is 5.99. The molecule has 0 aliphatic rings. The van der Waals surface area contributed by atoms with Gasteiger partial charge in [0.05, 0.1) is 11.3 Å². The molecule has 4 heteroatoms. The Morgan fingerprint density at radius 2 is 2.12 bits per heavy atom. The molecule has 17 heavy (non-hydrogen) atoms. The van der Waals surface area contributed by atoms with Crippen molar-refractivity contribution in [3.05, 3.63) is 29.6 Å². The average molecular weight is 238 g/mol. The summed E-state index contributed by atoms with van der Waals surface area (Å²) in [5.74, 6) is -0.859. The molecule has 0 saturated heterocycles. The van der Waals surface area contributed by atoms with Crippen LogP contribution in [0.25, 0.3) is 0 Å². The van der Waals surface area contributed by atoms with E-state index in [2.05, 4.69) is 12.2 Å². The van der Waals surface area contributed by atoms with Crippen LogP contribution in [-0.2, 0) is 0 Å². The largest absolute Gasteiger partial charge is 0.396 e. The van der Waals surface area contributed by atoms with Crippen molar-refractivity contribution in [3.8, 4) is 0 Å². The van der Waals surface area contributed by atoms with E-state index in [9.17, 15) is 9.18 Å². The Morgan fingerprint density at radius 3 is 2.82 bits per heavy atom. The maximum absolute atomic E-state index is 13.1. The SMILES string of the molecule is CCCCCCNC(=O)c1cccc(F)c1N. The number of carbonyl (C=O) groups excluding carboxylic acids is 1. The number of para-hydroxylation sites is 1. The van der Waals surface area contributed by atoms with Crippen LogP contribution in [0.2, 0.25) is 0 Å². The molecule has 0 fully saturated rings. The van der Waals surface area contributed by atoms with Gasteiger partial charge in [-0.1, -0.05) is 32.3 Å². The third-order valence-corrected chi connectivity index (χ3v) is 2.61. The average Bonchev–Trinajstić information content (AvgIpc) is 2.32. The second-order valence-electron chi connectivity index (χ2n) is 4.02. The van der Waals surface area contributed by atoms with Gasteiger partial charge in [-0.2, -0.15) is 0 Å². The first-order valence-electron chi connectivity index (χ1n) is 5.99. The summed E-state index contributed by atoms with van der Waals surface area (Å²) in [5.41, 5.74) is 5.62. The van der Waals surface area contributed by atoms with Crippen LogP contribution >= 0.6 is 0 Å². The Morgan fingerprint density at radius 1 is 1.35 bits per heavy atom. The standard InChI is InChI=1S/C13H19FN2O/c1-2-3-4-5-9-16-13(17)10-7-6-8-11(14)12(10)15/h6-8H,2-5,9,15H2,1H3,(H,16,17). The van der Waals surface area contributed by atoms with E-state index in [0.717, 1.165) is 25.7 Å². The topological polar surface area (TPSA) is 55.1 Å². The monoisotopic (exact) mass is 238 g/mol. The van der Waals surface area contributed by atoms with Crippen LogP contribution in [-0.4, -0.2) is 12.5 Å². The van der Waals surface area contributed by atoms with Crippen LogP contribution in [0.1, 0.15) is 43.0 Å². The quantitative estimate of drug-likeness (QED) is 0.591. The van der Waals surface area contributed by atoms with Gasteiger partial charge in [0.1, 0.15) is 5.82 Å². The predicted octanol–water partition coefficient (Wildman–Crippen LogP) is 2.72. The number of nitrogens with two attached hydrogens (primary N) is 1. The molecular formula is C13H19FN2O. The first-order valence-corrected chi connectivity index (χ1v) is 5.99. The van der Waals surface area contributed by atoms with E-state index in [1.54, 1.807) is 0 Å². The minimum atomic E-state index is -0.552. The first kappa shape index (κ1) is 13.5. The van der Waals surface area contributed by atoms with Crippen molar-refractivity contribution in [1.29, 1.82) is 0 Å². The zero-order chi connectivity index (χ0) is 12.7. The van der Waals surface area contributed by atoms with Gasteiger partial charge in [-0.15, -0.1) is 0 Å². The lowest BCUT2D eigenvalue weighted by Gasteiger charge is -2.07. The minimum absolute atomic E-state index is 0.0847. The van der Waals surface area contributed by atoms with Gasteiger partial charge in [0.15, 0.2) is 0 Å². The molecule has 0 bridgehead atoms. The molecule has 94 valence electrons. The summed E-state index contributed by atoms with van der Waals surface area (Å²) in [6.45, 7) is 2.74. The second kappa shape index (κ2) is 6.89. The fourth-order valence-electron chi connectivity index (χ4n) is 1.58. The Balaban J connectivity index is 2.44. The van der Waals surface area contributed by atoms with Gasteiger partial charge in [0, 0.05) is 6.54 Å². The summed E-state index contributed by atoms with van der Waals surface area (Å²) in [7, 11) is 0. The summed E-state index contributed by atoms with van der Waals surface area (Å²) in [5, 5.41) is 2.74. The van der Waals surface area contributed by atoms with E-state index in [-0.39, 0.29) is 17.2 Å². The molecule has 0 saturated carbocycles. The molecule has 1 rings (SSSR count). The lowest BCUT2D eigenvalue weighted by molar-refractivity contribution is 0.0953. The molecule has 0 heterocycles. The minimum Gasteiger partial charge on any atom is -0.396 e. The van der Waals surface area contributed by atoms with Crippen molar-refractivity contribution in [1.82, 2.24) is 5.32 Å². The van der Waals surface area contributed by atoms with Crippen molar-refractivity contribution in [3.63, 3.8) is 0 Å². The molecule has 3 N–H and O–H groups in total. The summed E-state index contributed by atoms with van der Waals surface area (Å²) in [6, 6.07) is 4.25. The van der Waals surface area contributed by atoms with Gasteiger partial charge in [-0.05, 0) is 18.6 Å². The summed E-state index contributed by atoms with van der Waals surface area (Å²) < 4.78 is 13.1. The number of carbonyl (C=O) groups is 1. The number of nitrogens with one attached hydrogen (secondary N) is 1. The van der Waals surface area contributed by atoms with Crippen LogP contribution in [0.3, 0.4) is 0 Å². The number of benzene rings is 1. The Labute approximate surface area is 101 Å². The molecule has 1 aromatic rings. The van der Waals surface area contributed by atoms with Crippen molar-refractivity contribution in [2.45, 2.75) is 32.6 Å². The number of halogens is 1. The molecule has 0 aliphatic carbocycles. The van der Waals surface area contributed by atoms with Crippen LogP contribution < -0.4 is 11.1 Å². The van der Waals surface area contributed by atoms with E-state index >= 15 is 0 Å². The van der Waals surface area contributed by atoms with Gasteiger partial charge < -0.3 is 11.1 Å². The fourth-order valence-corrected chi connectivity index (χ4v) is 1.58. The number of rotatable bonds is 6. The summed E-state index contributed by atoms with van der Waals surface area (Å²) in [4.78, 5) is 11.7. The molecule has 1 amide bonds. The van der Waals surface area contributed by atoms with E-state index in [1.165, 1.54) is 18.2 Å². The van der Waals surface area contributed by atoms with Crippen LogP contribution in [0.4, 0.5) is 10.1 Å². The Hall–Kier alpha value is -1.58. The van der Waals surface area contributed by atoms with E-state index in [0.29, 0.717) is 6.54 Å². The van der Waals surface area contributed by atoms with Crippen molar-refractivity contribution in [2.75, 3.05) is 12.3 Å². The Kier molecular flexibility index (Phi) is 5.46. The fraction of sp³-hybridized carbons (Fsp3) is 0.462. The number of hydrogen-bond donors (Lipinski definition) is 2. The highest BCUT2D eigenvalue weighted by Gasteiger charge is 2.11. The van der Waals surface area contributed by atoms with Crippen molar-refractivity contribution >= 4 is 11.6 Å². The molecule has 0 aliphatic heterocycles. The number of amides is 1. The lowest BCUT2D eigenvalue weighted by atomic mass is 10.1. The predicted molar refractivity (Wildman–Crippen MR) is 67.3 cm³/mol. The molecule has 0 aromatic heterocycles. The maximum atomic E-state index is 13.1. The molecule has 0 radical (unpaired) electrons. The van der Waals surface area contributed by atoms with Gasteiger partial charge in [-0.25, -0.2) is 4.39 Å². The third-order valence-electron chi connectivity index (χ3n) is 2.61. The van der Waals surface area contributed by atoms with Crippen LogP contribution in [0.15, 0.2) is 18.2 Å². The summed E-state index contributed by atoms with van der Waals surface area (Å²) in [6.07, 6.45) is 4.35. The zero-order valence-corrected chi connectivity index (χ0v) is 10.1. The van der Waals surface area contributed by atoms with E-state index in [1.807, 2.05) is 0 Å². The number of hydrogen-bond acceptors (Lipinski definition) is 2. The molecular weight excluding hydrogens is 219 g/mol. The molecule has 0 unspecified atom stereocenters. The first-order chi connectivity index (χ1) is 8.16. The van der Waals surface area contributed by atoms with Gasteiger partial charge in [0.2, 0.25) is 0 Å². The van der Waals surface area contributed by atoms with E-state index < -0.39 is 5.82 Å². The zero-order valence-electron chi connectivity index (χ0n) is 10.1. The highest BCUT2D eigenvalue weighted by Crippen LogP contribution is 2.15. The van der Waals surface area contributed by atoms with Crippen molar-refractivity contribution < 1.29 is 9.18 Å². The number of nitrogen functional groups attached to an aromatic ring is 1. The van der Waals surface area contributed by atoms with Gasteiger partial charge >= 0.3 is 0 Å². The second-order valence-corrected chi connectivity index (χ2v) is 4.02. The molecule has 3 nitrogen and oxygen atoms in total. The third kappa shape index (κ3) is 4.06. The maximum Gasteiger partial charge on any atom is 0.253 e. The molecule has 1 aromatic carbocycles. The van der Waals surface area contributed by atoms with Gasteiger partial charge in [0.25, 0.3) is 5.91 Å². The Bertz CT molecular complexity index is 380. The number of anilines is 1. The number of unbranched alkanes of at least 4 members (excludes halogenated alkanes) is 3. The smallest absolute Gasteiger partial charge is 0.253 e. The lowest BCUT2D eigenvalue weighted by Crippen LogP contribution is -2.25. The van der Waals surface area contributed by atoms with Gasteiger partial charge in [-0.3, -0.25) is 4.79 Å². The molecule has 0 atom stereocenters. The molecule has 0 spiro atoms. The van der Waals surface area contributed by atoms with Crippen LogP contribution in [0, 0.1) is 5.82 Å². The van der Waals surface area contributed by atoms with E-state index in [4.69, 9.17) is 5.73 Å².